The molecule has 0 radical (unpaired) electrons. The Bertz CT molecular complexity index is 924. The first-order valence-corrected chi connectivity index (χ1v) is 10.6. The summed E-state index contributed by atoms with van der Waals surface area (Å²) < 4.78 is 20.8. The van der Waals surface area contributed by atoms with Gasteiger partial charge < -0.3 is 15.0 Å². The number of amides is 2. The van der Waals surface area contributed by atoms with E-state index >= 15 is 0 Å². The summed E-state index contributed by atoms with van der Waals surface area (Å²) >= 11 is 0. The van der Waals surface area contributed by atoms with Crippen LogP contribution in [-0.2, 0) is 22.7 Å². The number of piperazine rings is 1. The first-order chi connectivity index (χ1) is 15.0. The maximum Gasteiger partial charge on any atom is 0.276 e. The molecule has 10 heteroatoms. The highest BCUT2D eigenvalue weighted by molar-refractivity contribution is 5.93. The largest absolute Gasteiger partial charge is 0.365 e. The first kappa shape index (κ1) is 21.4. The number of ether oxygens (including phenoxy) is 1. The average Bonchev–Trinajstić information content (AvgIpc) is 3.21. The maximum absolute atomic E-state index is 13.2. The highest BCUT2D eigenvalue weighted by Crippen LogP contribution is 2.27. The van der Waals surface area contributed by atoms with Crippen molar-refractivity contribution in [2.45, 2.75) is 32.6 Å². The van der Waals surface area contributed by atoms with Gasteiger partial charge in [0.15, 0.2) is 5.69 Å². The molecule has 3 heterocycles. The van der Waals surface area contributed by atoms with Gasteiger partial charge in [0.2, 0.25) is 5.91 Å². The lowest BCUT2D eigenvalue weighted by Crippen LogP contribution is -2.51. The van der Waals surface area contributed by atoms with Gasteiger partial charge in [-0.15, -0.1) is 5.10 Å². The second-order valence-corrected chi connectivity index (χ2v) is 7.84. The van der Waals surface area contributed by atoms with Crippen LogP contribution in [0.2, 0.25) is 0 Å². The van der Waals surface area contributed by atoms with Gasteiger partial charge in [-0.05, 0) is 24.1 Å². The number of hydrogen-bond donors (Lipinski definition) is 1. The van der Waals surface area contributed by atoms with Crippen molar-refractivity contribution in [2.75, 3.05) is 39.3 Å². The summed E-state index contributed by atoms with van der Waals surface area (Å²) in [6, 6.07) is 6.18. The lowest BCUT2D eigenvalue weighted by atomic mass is 10.1. The quantitative estimate of drug-likeness (QED) is 0.734. The summed E-state index contributed by atoms with van der Waals surface area (Å²) in [4.78, 5) is 28.7. The fourth-order valence-corrected chi connectivity index (χ4v) is 3.84. The topological polar surface area (TPSA) is 92.6 Å². The minimum Gasteiger partial charge on any atom is -0.365 e. The molecule has 0 bridgehead atoms. The van der Waals surface area contributed by atoms with Crippen molar-refractivity contribution < 1.29 is 18.7 Å². The van der Waals surface area contributed by atoms with Crippen molar-refractivity contribution in [2.24, 2.45) is 0 Å². The van der Waals surface area contributed by atoms with E-state index in [1.54, 1.807) is 21.7 Å². The zero-order chi connectivity index (χ0) is 21.8. The smallest absolute Gasteiger partial charge is 0.276 e. The van der Waals surface area contributed by atoms with Crippen LogP contribution in [0.5, 0.6) is 0 Å². The molecule has 1 N–H and O–H groups in total. The Labute approximate surface area is 180 Å². The van der Waals surface area contributed by atoms with Crippen LogP contribution < -0.4 is 5.32 Å². The average molecular weight is 430 g/mol. The SMILES string of the molecule is CCCNC(=O)CN1CCN(C(=O)c2nnn3c2CO[C@H](c2ccc(F)cc2)C3)CC1. The molecule has 9 nitrogen and oxygen atoms in total. The van der Waals surface area contributed by atoms with Gasteiger partial charge in [0.25, 0.3) is 5.91 Å². The minimum absolute atomic E-state index is 0.0156. The normalized spacial score (nSPS) is 19.2. The molecule has 2 aliphatic rings. The van der Waals surface area contributed by atoms with Crippen molar-refractivity contribution in [1.82, 2.24) is 30.1 Å². The first-order valence-electron chi connectivity index (χ1n) is 10.6. The Morgan fingerprint density at radius 1 is 1.19 bits per heavy atom. The second-order valence-electron chi connectivity index (χ2n) is 7.84. The number of nitrogens with one attached hydrogen (secondary N) is 1. The maximum atomic E-state index is 13.2. The van der Waals surface area contributed by atoms with Crippen LogP contribution in [-0.4, -0.2) is 75.9 Å². The van der Waals surface area contributed by atoms with Crippen LogP contribution in [0.4, 0.5) is 4.39 Å². The minimum atomic E-state index is -0.296. The van der Waals surface area contributed by atoms with Crippen LogP contribution in [0.3, 0.4) is 0 Å². The van der Waals surface area contributed by atoms with Crippen LogP contribution in [0.1, 0.15) is 41.2 Å². The molecule has 31 heavy (non-hydrogen) atoms. The number of halogens is 1. The number of aromatic nitrogens is 3. The number of rotatable bonds is 6. The molecule has 0 spiro atoms. The summed E-state index contributed by atoms with van der Waals surface area (Å²) in [5.41, 5.74) is 1.82. The van der Waals surface area contributed by atoms with E-state index in [4.69, 9.17) is 4.74 Å². The van der Waals surface area contributed by atoms with Gasteiger partial charge in [-0.2, -0.15) is 0 Å². The van der Waals surface area contributed by atoms with Crippen molar-refractivity contribution in [3.63, 3.8) is 0 Å². The number of carbonyl (C=O) groups excluding carboxylic acids is 2. The van der Waals surface area contributed by atoms with Crippen LogP contribution >= 0.6 is 0 Å². The molecular weight excluding hydrogens is 403 g/mol. The number of carbonyl (C=O) groups is 2. The highest BCUT2D eigenvalue weighted by atomic mass is 19.1. The van der Waals surface area contributed by atoms with Crippen LogP contribution in [0.15, 0.2) is 24.3 Å². The molecule has 0 unspecified atom stereocenters. The van der Waals surface area contributed by atoms with E-state index in [9.17, 15) is 14.0 Å². The number of benzene rings is 1. The Hall–Kier alpha value is -2.85. The molecule has 1 saturated heterocycles. The Balaban J connectivity index is 1.34. The number of hydrogen-bond acceptors (Lipinski definition) is 6. The molecule has 2 aliphatic heterocycles. The van der Waals surface area contributed by atoms with Gasteiger partial charge >= 0.3 is 0 Å². The lowest BCUT2D eigenvalue weighted by Gasteiger charge is -2.34. The fraction of sp³-hybridized carbons (Fsp3) is 0.524. The van der Waals surface area contributed by atoms with Crippen LogP contribution in [0.25, 0.3) is 0 Å². The van der Waals surface area contributed by atoms with E-state index in [0.29, 0.717) is 57.2 Å². The van der Waals surface area contributed by atoms with E-state index in [0.717, 1.165) is 12.0 Å². The molecule has 2 aromatic rings. The van der Waals surface area contributed by atoms with E-state index in [1.165, 1.54) is 12.1 Å². The number of fused-ring (bicyclic) bond motifs is 1. The van der Waals surface area contributed by atoms with Crippen molar-refractivity contribution in [3.8, 4) is 0 Å². The van der Waals surface area contributed by atoms with Crippen molar-refractivity contribution in [1.29, 1.82) is 0 Å². The molecule has 1 aromatic carbocycles. The zero-order valence-electron chi connectivity index (χ0n) is 17.6. The van der Waals surface area contributed by atoms with Gasteiger partial charge in [-0.25, -0.2) is 9.07 Å². The summed E-state index contributed by atoms with van der Waals surface area (Å²) in [5.74, 6) is -0.447. The third kappa shape index (κ3) is 4.91. The van der Waals surface area contributed by atoms with E-state index in [1.807, 2.05) is 11.8 Å². The molecule has 2 amide bonds. The standard InChI is InChI=1S/C21H27FN6O3/c1-2-7-23-19(29)13-26-8-10-27(11-9-26)21(30)20-17-14-31-18(12-28(17)25-24-20)15-3-5-16(22)6-4-15/h3-6,18H,2,7-14H2,1H3,(H,23,29)/t18-/m0/s1. The Kier molecular flexibility index (Phi) is 6.57. The molecule has 0 aliphatic carbocycles. The summed E-state index contributed by atoms with van der Waals surface area (Å²) in [6.07, 6.45) is 0.644. The van der Waals surface area contributed by atoms with E-state index in [2.05, 4.69) is 15.6 Å². The van der Waals surface area contributed by atoms with Gasteiger partial charge in [-0.3, -0.25) is 14.5 Å². The predicted molar refractivity (Wildman–Crippen MR) is 110 cm³/mol. The number of nitrogens with zero attached hydrogens (tertiary/aromatic N) is 5. The predicted octanol–water partition coefficient (Wildman–Crippen LogP) is 0.973. The third-order valence-electron chi connectivity index (χ3n) is 5.64. The van der Waals surface area contributed by atoms with Gasteiger partial charge in [-0.1, -0.05) is 24.3 Å². The molecular formula is C21H27FN6O3. The van der Waals surface area contributed by atoms with Crippen molar-refractivity contribution >= 4 is 11.8 Å². The van der Waals surface area contributed by atoms with Gasteiger partial charge in [0.1, 0.15) is 11.9 Å². The fourth-order valence-electron chi connectivity index (χ4n) is 3.84. The Morgan fingerprint density at radius 2 is 1.94 bits per heavy atom. The molecule has 166 valence electrons. The summed E-state index contributed by atoms with van der Waals surface area (Å²) in [7, 11) is 0. The van der Waals surface area contributed by atoms with E-state index in [-0.39, 0.29) is 30.3 Å². The Morgan fingerprint density at radius 3 is 2.65 bits per heavy atom. The highest BCUT2D eigenvalue weighted by Gasteiger charge is 2.31. The second kappa shape index (κ2) is 9.52. The van der Waals surface area contributed by atoms with Crippen LogP contribution in [0, 0.1) is 5.82 Å². The van der Waals surface area contributed by atoms with Gasteiger partial charge in [0.05, 0.1) is 25.4 Å². The summed E-state index contributed by atoms with van der Waals surface area (Å²) in [6.45, 7) is 6.02. The zero-order valence-corrected chi connectivity index (χ0v) is 17.6. The third-order valence-corrected chi connectivity index (χ3v) is 5.64. The molecule has 1 fully saturated rings. The van der Waals surface area contributed by atoms with Crippen molar-refractivity contribution in [3.05, 3.63) is 47.0 Å². The lowest BCUT2D eigenvalue weighted by molar-refractivity contribution is -0.122. The van der Waals surface area contributed by atoms with E-state index < -0.39 is 0 Å². The molecule has 4 rings (SSSR count). The van der Waals surface area contributed by atoms with Gasteiger partial charge in [0, 0.05) is 32.7 Å². The molecule has 0 saturated carbocycles. The molecule has 1 atom stereocenters. The molecule has 1 aromatic heterocycles. The monoisotopic (exact) mass is 430 g/mol. The summed E-state index contributed by atoms with van der Waals surface area (Å²) in [5, 5.41) is 11.1.